The first-order valence-electron chi connectivity index (χ1n) is 6.05. The number of nitrogens with two attached hydrogens (primary N) is 1. The molecule has 1 aromatic heterocycles. The molecule has 0 fully saturated rings. The summed E-state index contributed by atoms with van der Waals surface area (Å²) in [6.07, 6.45) is 2.80. The van der Waals surface area contributed by atoms with Crippen LogP contribution in [0.4, 0.5) is 0 Å². The number of hydrogen-bond donors (Lipinski definition) is 1. The molecule has 0 radical (unpaired) electrons. The van der Waals surface area contributed by atoms with Crippen LogP contribution < -0.4 is 10.5 Å². The Morgan fingerprint density at radius 1 is 1.44 bits per heavy atom. The Morgan fingerprint density at radius 2 is 2.28 bits per heavy atom. The Balaban J connectivity index is 2.07. The fourth-order valence-corrected chi connectivity index (χ4v) is 3.12. The Morgan fingerprint density at radius 3 is 3.00 bits per heavy atom. The monoisotopic (exact) mass is 260 g/mol. The molecular weight excluding hydrogens is 244 g/mol. The number of hydrogen-bond acceptors (Lipinski definition) is 4. The lowest BCUT2D eigenvalue weighted by molar-refractivity contribution is 0.139. The van der Waals surface area contributed by atoms with E-state index in [1.165, 1.54) is 5.56 Å². The first-order valence-corrected chi connectivity index (χ1v) is 6.87. The van der Waals surface area contributed by atoms with E-state index < -0.39 is 0 Å². The van der Waals surface area contributed by atoms with E-state index in [0.717, 1.165) is 27.6 Å². The largest absolute Gasteiger partial charge is 0.486 e. The van der Waals surface area contributed by atoms with Gasteiger partial charge in [0.15, 0.2) is 0 Å². The summed E-state index contributed by atoms with van der Waals surface area (Å²) in [6.45, 7) is 4.77. The van der Waals surface area contributed by atoms with Crippen molar-refractivity contribution in [3.05, 3.63) is 34.8 Å². The molecular formula is C14H16N2OS. The minimum absolute atomic E-state index is 0.119. The third kappa shape index (κ3) is 1.91. The van der Waals surface area contributed by atoms with Crippen LogP contribution in [0.15, 0.2) is 24.4 Å². The normalized spacial score (nSPS) is 16.4. The number of fused-ring (bicyclic) bond motifs is 1. The van der Waals surface area contributed by atoms with Crippen LogP contribution in [0.5, 0.6) is 5.75 Å². The fraction of sp³-hybridized carbons (Fsp3) is 0.357. The molecule has 3 rings (SSSR count). The van der Waals surface area contributed by atoms with Gasteiger partial charge < -0.3 is 10.5 Å². The fourth-order valence-electron chi connectivity index (χ4n) is 2.31. The van der Waals surface area contributed by atoms with E-state index in [4.69, 9.17) is 10.5 Å². The molecule has 2 heterocycles. The average molecular weight is 260 g/mol. The number of thiazole rings is 1. The standard InChI is InChI=1S/C14H16N2OS/c1-14(2)6-9-4-3-5-11(12(9)17-14)13-16-8-10(7-15)18-13/h3-5,8H,6-7,15H2,1-2H3. The molecule has 2 aromatic rings. The van der Waals surface area contributed by atoms with Crippen molar-refractivity contribution in [3.8, 4) is 16.3 Å². The topological polar surface area (TPSA) is 48.1 Å². The lowest BCUT2D eigenvalue weighted by atomic mass is 10.0. The summed E-state index contributed by atoms with van der Waals surface area (Å²) >= 11 is 1.64. The molecule has 1 aromatic carbocycles. The summed E-state index contributed by atoms with van der Waals surface area (Å²) in [5.41, 5.74) is 7.87. The highest BCUT2D eigenvalue weighted by atomic mass is 32.1. The van der Waals surface area contributed by atoms with Gasteiger partial charge in [-0.15, -0.1) is 11.3 Å². The molecule has 0 aliphatic carbocycles. The van der Waals surface area contributed by atoms with Crippen molar-refractivity contribution in [1.29, 1.82) is 0 Å². The first-order chi connectivity index (χ1) is 8.59. The molecule has 4 heteroatoms. The molecule has 1 aliphatic heterocycles. The molecule has 18 heavy (non-hydrogen) atoms. The summed E-state index contributed by atoms with van der Waals surface area (Å²) in [7, 11) is 0. The van der Waals surface area contributed by atoms with Crippen LogP contribution in [-0.4, -0.2) is 10.6 Å². The zero-order chi connectivity index (χ0) is 12.8. The zero-order valence-corrected chi connectivity index (χ0v) is 11.4. The maximum absolute atomic E-state index is 6.06. The van der Waals surface area contributed by atoms with Crippen molar-refractivity contribution >= 4 is 11.3 Å². The van der Waals surface area contributed by atoms with Crippen molar-refractivity contribution in [2.45, 2.75) is 32.4 Å². The van der Waals surface area contributed by atoms with E-state index in [1.807, 2.05) is 6.20 Å². The van der Waals surface area contributed by atoms with Gasteiger partial charge in [-0.1, -0.05) is 12.1 Å². The number of aromatic nitrogens is 1. The Hall–Kier alpha value is -1.39. The lowest BCUT2D eigenvalue weighted by Gasteiger charge is -2.17. The minimum Gasteiger partial charge on any atom is -0.486 e. The van der Waals surface area contributed by atoms with E-state index in [2.05, 4.69) is 37.0 Å². The van der Waals surface area contributed by atoms with Crippen molar-refractivity contribution < 1.29 is 4.74 Å². The maximum Gasteiger partial charge on any atom is 0.133 e. The van der Waals surface area contributed by atoms with Crippen LogP contribution in [0.2, 0.25) is 0 Å². The molecule has 0 saturated carbocycles. The van der Waals surface area contributed by atoms with Gasteiger partial charge in [0.2, 0.25) is 0 Å². The van der Waals surface area contributed by atoms with E-state index in [-0.39, 0.29) is 5.60 Å². The van der Waals surface area contributed by atoms with Gasteiger partial charge in [0.05, 0.1) is 5.56 Å². The molecule has 0 saturated heterocycles. The van der Waals surface area contributed by atoms with Crippen LogP contribution >= 0.6 is 11.3 Å². The number of para-hydroxylation sites is 1. The predicted octanol–water partition coefficient (Wildman–Crippen LogP) is 2.98. The van der Waals surface area contributed by atoms with Gasteiger partial charge >= 0.3 is 0 Å². The molecule has 94 valence electrons. The van der Waals surface area contributed by atoms with Gasteiger partial charge in [0, 0.05) is 24.0 Å². The molecule has 0 atom stereocenters. The number of ether oxygens (including phenoxy) is 1. The van der Waals surface area contributed by atoms with Crippen LogP contribution in [0.3, 0.4) is 0 Å². The highest BCUT2D eigenvalue weighted by molar-refractivity contribution is 7.15. The molecule has 2 N–H and O–H groups in total. The summed E-state index contributed by atoms with van der Waals surface area (Å²) in [6, 6.07) is 6.27. The Labute approximate surface area is 111 Å². The summed E-state index contributed by atoms with van der Waals surface area (Å²) in [4.78, 5) is 5.54. The van der Waals surface area contributed by atoms with E-state index >= 15 is 0 Å². The zero-order valence-electron chi connectivity index (χ0n) is 10.6. The van der Waals surface area contributed by atoms with Gasteiger partial charge in [-0.25, -0.2) is 4.98 Å². The summed E-state index contributed by atoms with van der Waals surface area (Å²) in [5.74, 6) is 0.987. The summed E-state index contributed by atoms with van der Waals surface area (Å²) < 4.78 is 6.06. The van der Waals surface area contributed by atoms with Gasteiger partial charge in [0.1, 0.15) is 16.4 Å². The number of nitrogens with zero attached hydrogens (tertiary/aromatic N) is 1. The molecule has 0 amide bonds. The lowest BCUT2D eigenvalue weighted by Crippen LogP contribution is -2.24. The van der Waals surface area contributed by atoms with Crippen LogP contribution in [-0.2, 0) is 13.0 Å². The van der Waals surface area contributed by atoms with Crippen molar-refractivity contribution in [3.63, 3.8) is 0 Å². The van der Waals surface area contributed by atoms with Crippen LogP contribution in [0.1, 0.15) is 24.3 Å². The van der Waals surface area contributed by atoms with E-state index in [1.54, 1.807) is 11.3 Å². The van der Waals surface area contributed by atoms with Crippen molar-refractivity contribution in [1.82, 2.24) is 4.98 Å². The number of rotatable bonds is 2. The van der Waals surface area contributed by atoms with Gasteiger partial charge in [-0.05, 0) is 25.5 Å². The highest BCUT2D eigenvalue weighted by Gasteiger charge is 2.32. The van der Waals surface area contributed by atoms with E-state index in [0.29, 0.717) is 6.54 Å². The molecule has 0 spiro atoms. The second-order valence-corrected chi connectivity index (χ2v) is 6.28. The smallest absolute Gasteiger partial charge is 0.133 e. The van der Waals surface area contributed by atoms with Gasteiger partial charge in [-0.2, -0.15) is 0 Å². The number of benzene rings is 1. The van der Waals surface area contributed by atoms with Gasteiger partial charge in [-0.3, -0.25) is 0 Å². The highest BCUT2D eigenvalue weighted by Crippen LogP contribution is 2.43. The quantitative estimate of drug-likeness (QED) is 0.903. The van der Waals surface area contributed by atoms with E-state index in [9.17, 15) is 0 Å². The predicted molar refractivity (Wildman–Crippen MR) is 73.9 cm³/mol. The Bertz CT molecular complexity index is 589. The first kappa shape index (κ1) is 11.7. The maximum atomic E-state index is 6.06. The molecule has 0 bridgehead atoms. The third-order valence-electron chi connectivity index (χ3n) is 3.08. The SMILES string of the molecule is CC1(C)Cc2cccc(-c3ncc(CN)s3)c2O1. The minimum atomic E-state index is -0.119. The second-order valence-electron chi connectivity index (χ2n) is 5.17. The third-order valence-corrected chi connectivity index (χ3v) is 4.13. The van der Waals surface area contributed by atoms with Crippen LogP contribution in [0, 0.1) is 0 Å². The Kier molecular flexibility index (Phi) is 2.64. The summed E-state index contributed by atoms with van der Waals surface area (Å²) in [5, 5.41) is 0.991. The molecule has 0 unspecified atom stereocenters. The molecule has 3 nitrogen and oxygen atoms in total. The van der Waals surface area contributed by atoms with Gasteiger partial charge in [0.25, 0.3) is 0 Å². The second kappa shape index (κ2) is 4.07. The van der Waals surface area contributed by atoms with Crippen molar-refractivity contribution in [2.24, 2.45) is 5.73 Å². The van der Waals surface area contributed by atoms with Crippen molar-refractivity contribution in [2.75, 3.05) is 0 Å². The average Bonchev–Trinajstić information content (AvgIpc) is 2.89. The van der Waals surface area contributed by atoms with Crippen LogP contribution in [0.25, 0.3) is 10.6 Å². The molecule has 1 aliphatic rings.